The van der Waals surface area contributed by atoms with E-state index in [0.717, 1.165) is 18.6 Å². The predicted octanol–water partition coefficient (Wildman–Crippen LogP) is 1.33. The Bertz CT molecular complexity index is 420. The topological polar surface area (TPSA) is 45.4 Å². The monoisotopic (exact) mass is 246 g/mol. The molecule has 2 unspecified atom stereocenters. The fourth-order valence-electron chi connectivity index (χ4n) is 3.37. The molecule has 0 spiro atoms. The van der Waals surface area contributed by atoms with E-state index >= 15 is 0 Å². The van der Waals surface area contributed by atoms with Crippen molar-refractivity contribution in [3.8, 4) is 0 Å². The summed E-state index contributed by atoms with van der Waals surface area (Å²) in [7, 11) is 2.29. The van der Waals surface area contributed by atoms with Crippen LogP contribution in [0, 0.1) is 0 Å². The van der Waals surface area contributed by atoms with Crippen molar-refractivity contribution in [3.05, 3.63) is 23.9 Å². The molecule has 1 aromatic heterocycles. The number of fused-ring (bicyclic) bond motifs is 2. The highest BCUT2D eigenvalue weighted by molar-refractivity contribution is 5.31. The number of pyridine rings is 1. The number of nitrogens with zero attached hydrogens (tertiary/aromatic N) is 3. The molecule has 4 nitrogen and oxygen atoms in total. The van der Waals surface area contributed by atoms with Crippen molar-refractivity contribution in [1.82, 2.24) is 14.8 Å². The summed E-state index contributed by atoms with van der Waals surface area (Å²) in [5.74, 6) is 0.626. The molecule has 3 heterocycles. The molecule has 2 fully saturated rings. The smallest absolute Gasteiger partial charge is 0.123 e. The first kappa shape index (κ1) is 11.9. The zero-order valence-corrected chi connectivity index (χ0v) is 11.0. The van der Waals surface area contributed by atoms with Crippen LogP contribution in [0.1, 0.15) is 24.8 Å². The molecule has 2 aliphatic rings. The van der Waals surface area contributed by atoms with E-state index in [1.807, 2.05) is 6.07 Å². The largest absolute Gasteiger partial charge is 0.384 e. The summed E-state index contributed by atoms with van der Waals surface area (Å²) in [6.45, 7) is 3.40. The molecule has 98 valence electrons. The number of nitrogen functional groups attached to an aromatic ring is 1. The van der Waals surface area contributed by atoms with E-state index < -0.39 is 0 Å². The summed E-state index contributed by atoms with van der Waals surface area (Å²) >= 11 is 0. The molecular weight excluding hydrogens is 224 g/mol. The van der Waals surface area contributed by atoms with E-state index in [1.165, 1.54) is 37.9 Å². The molecule has 0 saturated carbocycles. The third kappa shape index (κ3) is 2.35. The number of rotatable bonds is 2. The van der Waals surface area contributed by atoms with Gasteiger partial charge in [0.25, 0.3) is 0 Å². The van der Waals surface area contributed by atoms with Crippen LogP contribution in [-0.2, 0) is 6.54 Å². The average molecular weight is 246 g/mol. The maximum Gasteiger partial charge on any atom is 0.123 e. The third-order valence-electron chi connectivity index (χ3n) is 4.48. The van der Waals surface area contributed by atoms with E-state index in [0.29, 0.717) is 5.82 Å². The second kappa shape index (κ2) is 4.86. The minimum absolute atomic E-state index is 0.626. The highest BCUT2D eigenvalue weighted by atomic mass is 15.3. The number of hydrogen-bond acceptors (Lipinski definition) is 4. The van der Waals surface area contributed by atoms with Gasteiger partial charge in [0.2, 0.25) is 0 Å². The maximum absolute atomic E-state index is 5.74. The Morgan fingerprint density at radius 2 is 2.17 bits per heavy atom. The second-order valence-electron chi connectivity index (χ2n) is 5.66. The van der Waals surface area contributed by atoms with Crippen molar-refractivity contribution in [1.29, 1.82) is 0 Å². The van der Waals surface area contributed by atoms with Crippen molar-refractivity contribution in [3.63, 3.8) is 0 Å². The van der Waals surface area contributed by atoms with Gasteiger partial charge in [-0.05, 0) is 44.0 Å². The summed E-state index contributed by atoms with van der Waals surface area (Å²) in [5, 5.41) is 0. The van der Waals surface area contributed by atoms with Crippen LogP contribution in [0.5, 0.6) is 0 Å². The van der Waals surface area contributed by atoms with Crippen LogP contribution >= 0.6 is 0 Å². The molecule has 1 aromatic rings. The van der Waals surface area contributed by atoms with Gasteiger partial charge in [-0.3, -0.25) is 9.80 Å². The Balaban J connectivity index is 1.67. The maximum atomic E-state index is 5.74. The Kier molecular flexibility index (Phi) is 3.22. The highest BCUT2D eigenvalue weighted by Gasteiger charge is 2.34. The van der Waals surface area contributed by atoms with E-state index in [9.17, 15) is 0 Å². The van der Waals surface area contributed by atoms with Crippen LogP contribution in [0.2, 0.25) is 0 Å². The van der Waals surface area contributed by atoms with Crippen molar-refractivity contribution in [2.45, 2.75) is 37.9 Å². The van der Waals surface area contributed by atoms with Gasteiger partial charge in [-0.2, -0.15) is 0 Å². The van der Waals surface area contributed by atoms with Gasteiger partial charge in [0.15, 0.2) is 0 Å². The first-order valence-corrected chi connectivity index (χ1v) is 6.87. The van der Waals surface area contributed by atoms with Crippen LogP contribution in [0.3, 0.4) is 0 Å². The fourth-order valence-corrected chi connectivity index (χ4v) is 3.37. The molecule has 2 saturated heterocycles. The van der Waals surface area contributed by atoms with Crippen molar-refractivity contribution < 1.29 is 0 Å². The fraction of sp³-hybridized carbons (Fsp3) is 0.643. The molecule has 4 heteroatoms. The average Bonchev–Trinajstić information content (AvgIpc) is 2.58. The molecule has 0 radical (unpaired) electrons. The molecule has 2 atom stereocenters. The Morgan fingerprint density at radius 1 is 1.33 bits per heavy atom. The van der Waals surface area contributed by atoms with Gasteiger partial charge in [-0.15, -0.1) is 0 Å². The first-order chi connectivity index (χ1) is 8.72. The van der Waals surface area contributed by atoms with Gasteiger partial charge in [0.1, 0.15) is 5.82 Å². The van der Waals surface area contributed by atoms with Crippen molar-refractivity contribution in [2.75, 3.05) is 25.9 Å². The molecular formula is C14H22N4. The van der Waals surface area contributed by atoms with Crippen LogP contribution in [-0.4, -0.2) is 47.0 Å². The molecule has 18 heavy (non-hydrogen) atoms. The number of nitrogens with two attached hydrogens (primary N) is 1. The lowest BCUT2D eigenvalue weighted by Gasteiger charge is -2.25. The lowest BCUT2D eigenvalue weighted by Crippen LogP contribution is -2.36. The zero-order valence-electron chi connectivity index (χ0n) is 11.0. The Hall–Kier alpha value is -1.13. The van der Waals surface area contributed by atoms with E-state index in [2.05, 4.69) is 27.9 Å². The van der Waals surface area contributed by atoms with Crippen LogP contribution in [0.15, 0.2) is 18.3 Å². The van der Waals surface area contributed by atoms with Crippen molar-refractivity contribution in [2.24, 2.45) is 0 Å². The Morgan fingerprint density at radius 3 is 3.00 bits per heavy atom. The van der Waals surface area contributed by atoms with Gasteiger partial charge < -0.3 is 5.73 Å². The molecule has 0 amide bonds. The van der Waals surface area contributed by atoms with Crippen molar-refractivity contribution >= 4 is 5.82 Å². The van der Waals surface area contributed by atoms with Crippen LogP contribution in [0.25, 0.3) is 0 Å². The number of likely N-dealkylation sites (N-methyl/N-ethyl adjacent to an activating group) is 1. The quantitative estimate of drug-likeness (QED) is 0.855. The standard InChI is InChI=1S/C14H22N4/c1-17-12-2-3-13(17)10-18(7-5-12)9-11-4-6-16-14(15)8-11/h4,6,8,12-13H,2-3,5,7,9-10H2,1H3,(H2,15,16). The summed E-state index contributed by atoms with van der Waals surface area (Å²) in [4.78, 5) is 9.20. The number of aromatic nitrogens is 1. The predicted molar refractivity (Wildman–Crippen MR) is 73.1 cm³/mol. The number of anilines is 1. The lowest BCUT2D eigenvalue weighted by atomic mass is 10.1. The third-order valence-corrected chi connectivity index (χ3v) is 4.48. The second-order valence-corrected chi connectivity index (χ2v) is 5.66. The summed E-state index contributed by atoms with van der Waals surface area (Å²) in [5.41, 5.74) is 7.02. The normalized spacial score (nSPS) is 29.4. The minimum Gasteiger partial charge on any atom is -0.384 e. The van der Waals surface area contributed by atoms with E-state index in [4.69, 9.17) is 5.73 Å². The molecule has 0 aromatic carbocycles. The zero-order chi connectivity index (χ0) is 12.5. The number of hydrogen-bond donors (Lipinski definition) is 1. The summed E-state index contributed by atoms with van der Waals surface area (Å²) in [6, 6.07) is 5.62. The molecule has 2 N–H and O–H groups in total. The number of likely N-dealkylation sites (tertiary alicyclic amines) is 1. The molecule has 2 aliphatic heterocycles. The minimum atomic E-state index is 0.626. The molecule has 0 aliphatic carbocycles. The summed E-state index contributed by atoms with van der Waals surface area (Å²) < 4.78 is 0. The van der Waals surface area contributed by atoms with Gasteiger partial charge in [-0.25, -0.2) is 4.98 Å². The van der Waals surface area contributed by atoms with E-state index in [1.54, 1.807) is 6.20 Å². The molecule has 2 bridgehead atoms. The lowest BCUT2D eigenvalue weighted by molar-refractivity contribution is 0.214. The Labute approximate surface area is 109 Å². The van der Waals surface area contributed by atoms with Crippen LogP contribution < -0.4 is 5.73 Å². The first-order valence-electron chi connectivity index (χ1n) is 6.87. The molecule has 3 rings (SSSR count). The SMILES string of the molecule is CN1C2CCC1CN(Cc1ccnc(N)c1)CC2. The van der Waals surface area contributed by atoms with Gasteiger partial charge in [-0.1, -0.05) is 0 Å². The van der Waals surface area contributed by atoms with Gasteiger partial charge in [0, 0.05) is 37.9 Å². The van der Waals surface area contributed by atoms with Gasteiger partial charge in [0.05, 0.1) is 0 Å². The highest BCUT2D eigenvalue weighted by Crippen LogP contribution is 2.28. The van der Waals surface area contributed by atoms with Crippen LogP contribution in [0.4, 0.5) is 5.82 Å². The van der Waals surface area contributed by atoms with Gasteiger partial charge >= 0.3 is 0 Å². The summed E-state index contributed by atoms with van der Waals surface area (Å²) in [6.07, 6.45) is 5.85. The van der Waals surface area contributed by atoms with E-state index in [-0.39, 0.29) is 0 Å².